The summed E-state index contributed by atoms with van der Waals surface area (Å²) in [5.41, 5.74) is 1.72. The molecular weight excluding hydrogens is 630 g/mol. The van der Waals surface area contributed by atoms with Crippen molar-refractivity contribution in [3.63, 3.8) is 0 Å². The smallest absolute Gasteiger partial charge is 0.343 e. The SMILES string of the molecule is CCCCCCN(C(=O)c1ccc2cc(OCCC3CO3)ccc2c1)c1cccc(OC(=O)c2ccc3cc(OCCC4CO4)ccc3c2)c1. The standard InChI is InChI=1S/C42H43NO7/c1-2-3-4-5-19-43(41(44)33-11-9-31-24-36(15-13-29(31)22-33)46-20-17-39-27-48-39)35-7-6-8-38(26-35)50-42(45)34-12-10-32-25-37(16-14-30(32)23-34)47-21-18-40-28-49-40/h6-16,22-26,39-40H,2-5,17-21,27-28H2,1H3. The number of anilines is 1. The van der Waals surface area contributed by atoms with Gasteiger partial charge in [-0.05, 0) is 88.6 Å². The second-order valence-corrected chi connectivity index (χ2v) is 13.0. The summed E-state index contributed by atoms with van der Waals surface area (Å²) in [6.07, 6.45) is 6.52. The molecule has 2 atom stereocenters. The summed E-state index contributed by atoms with van der Waals surface area (Å²) in [6, 6.07) is 30.2. The Kier molecular flexibility index (Phi) is 10.6. The number of carbonyl (C=O) groups is 2. The van der Waals surface area contributed by atoms with E-state index in [0.29, 0.717) is 54.5 Å². The van der Waals surface area contributed by atoms with Crippen LogP contribution in [0.5, 0.6) is 17.2 Å². The first-order valence-electron chi connectivity index (χ1n) is 17.7. The number of ether oxygens (including phenoxy) is 5. The lowest BCUT2D eigenvalue weighted by Crippen LogP contribution is -2.32. The summed E-state index contributed by atoms with van der Waals surface area (Å²) in [5.74, 6) is 1.40. The van der Waals surface area contributed by atoms with Gasteiger partial charge in [-0.1, -0.05) is 56.5 Å². The number of esters is 1. The largest absolute Gasteiger partial charge is 0.493 e. The summed E-state index contributed by atoms with van der Waals surface area (Å²) >= 11 is 0. The highest BCUT2D eigenvalue weighted by molar-refractivity contribution is 6.08. The van der Waals surface area contributed by atoms with Crippen LogP contribution in [0.3, 0.4) is 0 Å². The number of fused-ring (bicyclic) bond motifs is 2. The van der Waals surface area contributed by atoms with Crippen molar-refractivity contribution in [1.82, 2.24) is 0 Å². The molecule has 8 heteroatoms. The number of unbranched alkanes of at least 4 members (excludes halogenated alkanes) is 3. The lowest BCUT2D eigenvalue weighted by Gasteiger charge is -2.24. The highest BCUT2D eigenvalue weighted by Gasteiger charge is 2.23. The van der Waals surface area contributed by atoms with Gasteiger partial charge in [0.05, 0.1) is 44.2 Å². The van der Waals surface area contributed by atoms with Gasteiger partial charge in [-0.15, -0.1) is 0 Å². The van der Waals surface area contributed by atoms with Crippen LogP contribution < -0.4 is 19.1 Å². The molecule has 8 nitrogen and oxygen atoms in total. The predicted molar refractivity (Wildman–Crippen MR) is 195 cm³/mol. The van der Waals surface area contributed by atoms with Crippen molar-refractivity contribution in [2.24, 2.45) is 0 Å². The number of epoxide rings is 2. The molecule has 0 spiro atoms. The molecule has 2 unspecified atom stereocenters. The molecule has 2 heterocycles. The third-order valence-corrected chi connectivity index (χ3v) is 9.15. The Morgan fingerprint density at radius 2 is 1.24 bits per heavy atom. The van der Waals surface area contributed by atoms with Crippen LogP contribution in [0.4, 0.5) is 5.69 Å². The topological polar surface area (TPSA) is 90.1 Å². The molecule has 2 aliphatic rings. The second kappa shape index (κ2) is 15.7. The van der Waals surface area contributed by atoms with Crippen LogP contribution in [0, 0.1) is 0 Å². The van der Waals surface area contributed by atoms with Crippen LogP contribution in [0.25, 0.3) is 21.5 Å². The minimum Gasteiger partial charge on any atom is -0.493 e. The molecule has 0 bridgehead atoms. The molecule has 0 N–H and O–H groups in total. The van der Waals surface area contributed by atoms with Crippen molar-refractivity contribution in [2.75, 3.05) is 37.9 Å². The van der Waals surface area contributed by atoms with Gasteiger partial charge in [0.15, 0.2) is 0 Å². The monoisotopic (exact) mass is 673 g/mol. The number of hydrogen-bond acceptors (Lipinski definition) is 7. The van der Waals surface area contributed by atoms with Crippen LogP contribution in [0.15, 0.2) is 97.1 Å². The van der Waals surface area contributed by atoms with Crippen molar-refractivity contribution in [2.45, 2.75) is 57.7 Å². The molecular formula is C42H43NO7. The van der Waals surface area contributed by atoms with Crippen molar-refractivity contribution >= 4 is 39.1 Å². The van der Waals surface area contributed by atoms with Gasteiger partial charge in [0.25, 0.3) is 5.91 Å². The maximum Gasteiger partial charge on any atom is 0.343 e. The van der Waals surface area contributed by atoms with Gasteiger partial charge >= 0.3 is 5.97 Å². The zero-order chi connectivity index (χ0) is 34.3. The van der Waals surface area contributed by atoms with Gasteiger partial charge in [0, 0.05) is 36.7 Å². The lowest BCUT2D eigenvalue weighted by molar-refractivity contribution is 0.0735. The Bertz CT molecular complexity index is 1970. The third-order valence-electron chi connectivity index (χ3n) is 9.15. The summed E-state index contributed by atoms with van der Waals surface area (Å²) in [5, 5.41) is 3.86. The number of hydrogen-bond donors (Lipinski definition) is 0. The van der Waals surface area contributed by atoms with Gasteiger partial charge in [-0.2, -0.15) is 0 Å². The average molecular weight is 674 g/mol. The molecule has 5 aromatic carbocycles. The first-order chi connectivity index (χ1) is 24.5. The van der Waals surface area contributed by atoms with Crippen LogP contribution in [-0.2, 0) is 9.47 Å². The molecule has 50 heavy (non-hydrogen) atoms. The molecule has 2 aliphatic heterocycles. The van der Waals surface area contributed by atoms with Crippen LogP contribution in [0.1, 0.15) is 66.2 Å². The molecule has 5 aromatic rings. The number of benzene rings is 5. The van der Waals surface area contributed by atoms with Crippen LogP contribution in [0.2, 0.25) is 0 Å². The Hall–Kier alpha value is -4.92. The summed E-state index contributed by atoms with van der Waals surface area (Å²) < 4.78 is 28.2. The van der Waals surface area contributed by atoms with Crippen molar-refractivity contribution in [1.29, 1.82) is 0 Å². The fourth-order valence-corrected chi connectivity index (χ4v) is 6.05. The second-order valence-electron chi connectivity index (χ2n) is 13.0. The molecule has 2 saturated heterocycles. The highest BCUT2D eigenvalue weighted by atomic mass is 16.6. The first-order valence-corrected chi connectivity index (χ1v) is 17.7. The zero-order valence-electron chi connectivity index (χ0n) is 28.5. The number of rotatable bonds is 17. The minimum atomic E-state index is -0.464. The van der Waals surface area contributed by atoms with E-state index in [2.05, 4.69) is 6.92 Å². The molecule has 0 aliphatic carbocycles. The van der Waals surface area contributed by atoms with Crippen LogP contribution in [-0.4, -0.2) is 57.1 Å². The molecule has 7 rings (SSSR count). The van der Waals surface area contributed by atoms with E-state index in [1.165, 1.54) is 0 Å². The fourth-order valence-electron chi connectivity index (χ4n) is 6.05. The van der Waals surface area contributed by atoms with E-state index in [1.807, 2.05) is 78.9 Å². The molecule has 258 valence electrons. The van der Waals surface area contributed by atoms with Gasteiger partial charge in [-0.3, -0.25) is 4.79 Å². The fraction of sp³-hybridized carbons (Fsp3) is 0.333. The van der Waals surface area contributed by atoms with Gasteiger partial charge in [0.1, 0.15) is 17.2 Å². The molecule has 0 radical (unpaired) electrons. The molecule has 0 aromatic heterocycles. The summed E-state index contributed by atoms with van der Waals surface area (Å²) in [7, 11) is 0. The van der Waals surface area contributed by atoms with Crippen molar-refractivity contribution < 1.29 is 33.3 Å². The Balaban J connectivity index is 1.04. The summed E-state index contributed by atoms with van der Waals surface area (Å²) in [4.78, 5) is 29.2. The van der Waals surface area contributed by atoms with E-state index in [0.717, 1.165) is 84.8 Å². The maximum absolute atomic E-state index is 14.1. The Morgan fingerprint density at radius 3 is 1.86 bits per heavy atom. The third kappa shape index (κ3) is 8.80. The number of nitrogens with zero attached hydrogens (tertiary/aromatic N) is 1. The van der Waals surface area contributed by atoms with E-state index in [-0.39, 0.29) is 5.91 Å². The van der Waals surface area contributed by atoms with E-state index >= 15 is 0 Å². The first kappa shape index (κ1) is 33.6. The Labute approximate surface area is 292 Å². The van der Waals surface area contributed by atoms with E-state index in [4.69, 9.17) is 23.7 Å². The lowest BCUT2D eigenvalue weighted by atomic mass is 10.0. The molecule has 1 amide bonds. The quantitative estimate of drug-likeness (QED) is 0.0422. The van der Waals surface area contributed by atoms with Gasteiger partial charge in [-0.25, -0.2) is 4.79 Å². The van der Waals surface area contributed by atoms with Crippen LogP contribution >= 0.6 is 0 Å². The molecule has 0 saturated carbocycles. The number of amides is 1. The maximum atomic E-state index is 14.1. The summed E-state index contributed by atoms with van der Waals surface area (Å²) in [6.45, 7) is 5.59. The van der Waals surface area contributed by atoms with Gasteiger partial charge in [0.2, 0.25) is 0 Å². The Morgan fingerprint density at radius 1 is 0.660 bits per heavy atom. The number of carbonyl (C=O) groups excluding carboxylic acids is 2. The minimum absolute atomic E-state index is 0.101. The van der Waals surface area contributed by atoms with E-state index in [1.54, 1.807) is 23.1 Å². The van der Waals surface area contributed by atoms with E-state index < -0.39 is 5.97 Å². The van der Waals surface area contributed by atoms with Crippen molar-refractivity contribution in [3.8, 4) is 17.2 Å². The average Bonchev–Trinajstić information content (AvgIpc) is 4.08. The van der Waals surface area contributed by atoms with Crippen molar-refractivity contribution in [3.05, 3.63) is 108 Å². The highest BCUT2D eigenvalue weighted by Crippen LogP contribution is 2.29. The normalized spacial score (nSPS) is 16.3. The van der Waals surface area contributed by atoms with Gasteiger partial charge < -0.3 is 28.6 Å². The zero-order valence-corrected chi connectivity index (χ0v) is 28.5. The molecule has 2 fully saturated rings. The van der Waals surface area contributed by atoms with E-state index in [9.17, 15) is 9.59 Å². The predicted octanol–water partition coefficient (Wildman–Crippen LogP) is 8.77.